The van der Waals surface area contributed by atoms with Gasteiger partial charge >= 0.3 is 0 Å². The lowest BCUT2D eigenvalue weighted by Crippen LogP contribution is -2.53. The summed E-state index contributed by atoms with van der Waals surface area (Å²) >= 11 is 0. The van der Waals surface area contributed by atoms with Gasteiger partial charge in [0.05, 0.1) is 0 Å². The van der Waals surface area contributed by atoms with Crippen molar-refractivity contribution in [1.29, 1.82) is 0 Å². The summed E-state index contributed by atoms with van der Waals surface area (Å²) in [5, 5.41) is 0. The van der Waals surface area contributed by atoms with Crippen molar-refractivity contribution in [2.45, 2.75) is 138 Å². The molecule has 0 saturated heterocycles. The van der Waals surface area contributed by atoms with E-state index in [9.17, 15) is 0 Å². The third-order valence-corrected chi connectivity index (χ3v) is 11.9. The van der Waals surface area contributed by atoms with E-state index in [1.165, 1.54) is 38.5 Å². The molecule has 0 N–H and O–H groups in total. The number of unbranched alkanes of at least 4 members (excludes halogenated alkanes) is 1. The maximum atomic E-state index is 2.77. The van der Waals surface area contributed by atoms with E-state index in [2.05, 4.69) is 41.5 Å². The van der Waals surface area contributed by atoms with E-state index in [0.717, 1.165) is 47.3 Å². The maximum absolute atomic E-state index is 2.77. The molecule has 0 heteroatoms. The van der Waals surface area contributed by atoms with Crippen LogP contribution in [0.1, 0.15) is 138 Å². The molecule has 180 valence electrons. The van der Waals surface area contributed by atoms with Crippen LogP contribution in [0.4, 0.5) is 0 Å². The van der Waals surface area contributed by atoms with Crippen LogP contribution in [0.5, 0.6) is 0 Å². The molecule has 31 heavy (non-hydrogen) atoms. The van der Waals surface area contributed by atoms with Crippen molar-refractivity contribution in [2.75, 3.05) is 0 Å². The normalized spacial score (nSPS) is 45.8. The molecule has 0 aliphatic heterocycles. The quantitative estimate of drug-likeness (QED) is 0.361. The van der Waals surface area contributed by atoms with Gasteiger partial charge in [0.1, 0.15) is 0 Å². The highest BCUT2D eigenvalue weighted by Crippen LogP contribution is 2.68. The summed E-state index contributed by atoms with van der Waals surface area (Å²) < 4.78 is 0. The van der Waals surface area contributed by atoms with Crippen LogP contribution >= 0.6 is 0 Å². The molecule has 0 aromatic heterocycles. The van der Waals surface area contributed by atoms with Crippen LogP contribution in [0.3, 0.4) is 0 Å². The van der Waals surface area contributed by atoms with Crippen LogP contribution in [0.15, 0.2) is 0 Å². The van der Waals surface area contributed by atoms with Gasteiger partial charge in [-0.2, -0.15) is 0 Å². The largest absolute Gasteiger partial charge is 0.0654 e. The predicted octanol–water partition coefficient (Wildman–Crippen LogP) is 9.91. The fourth-order valence-corrected chi connectivity index (χ4v) is 10.1. The average Bonchev–Trinajstić information content (AvgIpc) is 3.09. The molecule has 0 bridgehead atoms. The molecule has 4 fully saturated rings. The fraction of sp³-hybridized carbons (Fsp3) is 1.00. The lowest BCUT2D eigenvalue weighted by Gasteiger charge is -2.61. The summed E-state index contributed by atoms with van der Waals surface area (Å²) in [4.78, 5) is 0. The Morgan fingerprint density at radius 1 is 0.774 bits per heavy atom. The van der Waals surface area contributed by atoms with Crippen molar-refractivity contribution in [1.82, 2.24) is 0 Å². The first-order valence-electron chi connectivity index (χ1n) is 14.8. The van der Waals surface area contributed by atoms with Crippen molar-refractivity contribution in [3.05, 3.63) is 0 Å². The summed E-state index contributed by atoms with van der Waals surface area (Å²) in [5.41, 5.74) is 1.36. The Hall–Kier alpha value is 0. The highest BCUT2D eigenvalue weighted by atomic mass is 14.6. The van der Waals surface area contributed by atoms with Gasteiger partial charge in [0.2, 0.25) is 0 Å². The molecular weight excluding hydrogens is 372 g/mol. The SMILES string of the molecule is CCCCC1CC[C@@]2(C)C(CC[C@H]3[C@@H]4CC[C@H]([C@H](C)CCCC(C)C)[C@@]4(C)CC[C@@H]32)C1. The van der Waals surface area contributed by atoms with Crippen LogP contribution in [-0.4, -0.2) is 0 Å². The Morgan fingerprint density at radius 2 is 1.52 bits per heavy atom. The van der Waals surface area contributed by atoms with E-state index in [4.69, 9.17) is 0 Å². The standard InChI is InChI=1S/C31H56/c1-7-8-12-24-17-19-30(5)25(21-24)13-14-26-28-16-15-27(23(4)11-9-10-22(2)3)31(28,6)20-18-29(26)30/h22-29H,7-21H2,1-6H3/t23-,24?,25?,26+,27-,28+,29+,30+,31-/m1/s1. The zero-order chi connectivity index (χ0) is 22.2. The zero-order valence-corrected chi connectivity index (χ0v) is 22.2. The highest BCUT2D eigenvalue weighted by Gasteiger charge is 2.60. The Balaban J connectivity index is 1.41. The monoisotopic (exact) mass is 428 g/mol. The third kappa shape index (κ3) is 4.54. The molecule has 0 aromatic carbocycles. The van der Waals surface area contributed by atoms with E-state index in [0.29, 0.717) is 10.8 Å². The summed E-state index contributed by atoms with van der Waals surface area (Å²) in [6.45, 7) is 15.3. The Kier molecular flexibility index (Phi) is 7.55. The maximum Gasteiger partial charge on any atom is -0.0264 e. The summed E-state index contributed by atoms with van der Waals surface area (Å²) in [7, 11) is 0. The van der Waals surface area contributed by atoms with Crippen molar-refractivity contribution in [3.63, 3.8) is 0 Å². The van der Waals surface area contributed by atoms with E-state index < -0.39 is 0 Å². The zero-order valence-electron chi connectivity index (χ0n) is 22.2. The average molecular weight is 429 g/mol. The summed E-state index contributed by atoms with van der Waals surface area (Å²) in [5.74, 6) is 8.15. The molecule has 2 unspecified atom stereocenters. The van der Waals surface area contributed by atoms with Gasteiger partial charge in [-0.1, -0.05) is 80.1 Å². The van der Waals surface area contributed by atoms with Crippen molar-refractivity contribution < 1.29 is 0 Å². The second kappa shape index (κ2) is 9.70. The molecule has 0 spiro atoms. The van der Waals surface area contributed by atoms with Gasteiger partial charge < -0.3 is 0 Å². The Morgan fingerprint density at radius 3 is 2.26 bits per heavy atom. The van der Waals surface area contributed by atoms with Crippen LogP contribution in [0.25, 0.3) is 0 Å². The minimum absolute atomic E-state index is 0.667. The Bertz CT molecular complexity index is 577. The molecule has 0 nitrogen and oxygen atoms in total. The van der Waals surface area contributed by atoms with Crippen molar-refractivity contribution in [2.24, 2.45) is 58.2 Å². The molecule has 4 rings (SSSR count). The van der Waals surface area contributed by atoms with Crippen LogP contribution in [-0.2, 0) is 0 Å². The van der Waals surface area contributed by atoms with Gasteiger partial charge in [0, 0.05) is 0 Å². The molecular formula is C31H56. The van der Waals surface area contributed by atoms with E-state index in [1.54, 1.807) is 57.8 Å². The number of hydrogen-bond acceptors (Lipinski definition) is 0. The number of fused-ring (bicyclic) bond motifs is 5. The topological polar surface area (TPSA) is 0 Å². The van der Waals surface area contributed by atoms with Crippen molar-refractivity contribution >= 4 is 0 Å². The first-order chi connectivity index (χ1) is 14.8. The molecule has 4 saturated carbocycles. The highest BCUT2D eigenvalue weighted by molar-refractivity contribution is 5.09. The molecule has 4 aliphatic rings. The van der Waals surface area contributed by atoms with Gasteiger partial charge in [0.15, 0.2) is 0 Å². The predicted molar refractivity (Wildman–Crippen MR) is 136 cm³/mol. The second-order valence-corrected chi connectivity index (χ2v) is 14.0. The van der Waals surface area contributed by atoms with E-state index in [-0.39, 0.29) is 0 Å². The minimum atomic E-state index is 0.667. The lowest BCUT2D eigenvalue weighted by atomic mass is 9.44. The Labute approximate surface area is 196 Å². The number of rotatable bonds is 8. The van der Waals surface area contributed by atoms with E-state index in [1.807, 2.05) is 0 Å². The smallest absolute Gasteiger partial charge is 0.0264 e. The van der Waals surface area contributed by atoms with Crippen LogP contribution < -0.4 is 0 Å². The van der Waals surface area contributed by atoms with Gasteiger partial charge in [-0.3, -0.25) is 0 Å². The first-order valence-corrected chi connectivity index (χ1v) is 14.8. The lowest BCUT2D eigenvalue weighted by molar-refractivity contribution is -0.121. The first kappa shape index (κ1) is 24.1. The minimum Gasteiger partial charge on any atom is -0.0654 e. The van der Waals surface area contributed by atoms with Gasteiger partial charge in [-0.05, 0) is 116 Å². The van der Waals surface area contributed by atoms with Crippen LogP contribution in [0, 0.1) is 58.2 Å². The molecule has 9 atom stereocenters. The third-order valence-electron chi connectivity index (χ3n) is 11.9. The molecule has 0 radical (unpaired) electrons. The molecule has 0 amide bonds. The van der Waals surface area contributed by atoms with Gasteiger partial charge in [0.25, 0.3) is 0 Å². The van der Waals surface area contributed by atoms with Crippen LogP contribution in [0.2, 0.25) is 0 Å². The van der Waals surface area contributed by atoms with Gasteiger partial charge in [-0.15, -0.1) is 0 Å². The van der Waals surface area contributed by atoms with Gasteiger partial charge in [-0.25, -0.2) is 0 Å². The second-order valence-electron chi connectivity index (χ2n) is 14.0. The molecule has 0 aromatic rings. The fourth-order valence-electron chi connectivity index (χ4n) is 10.1. The van der Waals surface area contributed by atoms with Crippen molar-refractivity contribution in [3.8, 4) is 0 Å². The molecule has 4 aliphatic carbocycles. The number of hydrogen-bond donors (Lipinski definition) is 0. The van der Waals surface area contributed by atoms with E-state index >= 15 is 0 Å². The molecule has 0 heterocycles. The summed E-state index contributed by atoms with van der Waals surface area (Å²) in [6, 6.07) is 0. The summed E-state index contributed by atoms with van der Waals surface area (Å²) in [6.07, 6.45) is 22.8.